The maximum absolute atomic E-state index is 13.8. The third-order valence-electron chi connectivity index (χ3n) is 6.03. The van der Waals surface area contributed by atoms with Gasteiger partial charge in [-0.3, -0.25) is 9.59 Å². The summed E-state index contributed by atoms with van der Waals surface area (Å²) in [7, 11) is 0. The number of carbonyl (C=O) groups excluding carboxylic acids is 2. The van der Waals surface area contributed by atoms with Gasteiger partial charge in [0, 0.05) is 35.1 Å². The van der Waals surface area contributed by atoms with Crippen LogP contribution in [0.3, 0.4) is 0 Å². The van der Waals surface area contributed by atoms with E-state index in [1.54, 1.807) is 0 Å². The SMILES string of the molecule is O=C(Cc1c(C(=O)c2ccc(Br)cc2)c2n(c1-c1ccccc1)CCCN2)c1ccccc1. The summed E-state index contributed by atoms with van der Waals surface area (Å²) in [5, 5.41) is 3.46. The van der Waals surface area contributed by atoms with E-state index in [1.807, 2.05) is 84.9 Å². The van der Waals surface area contributed by atoms with E-state index in [9.17, 15) is 9.59 Å². The van der Waals surface area contributed by atoms with Gasteiger partial charge in [-0.1, -0.05) is 76.6 Å². The Hall–Kier alpha value is -3.44. The van der Waals surface area contributed by atoms with Gasteiger partial charge in [0.1, 0.15) is 5.82 Å². The molecule has 0 aliphatic carbocycles. The van der Waals surface area contributed by atoms with Gasteiger partial charge < -0.3 is 9.88 Å². The first-order valence-corrected chi connectivity index (χ1v) is 11.9. The number of nitrogens with zero attached hydrogens (tertiary/aromatic N) is 1. The molecule has 5 rings (SSSR count). The molecule has 3 aromatic carbocycles. The molecule has 4 aromatic rings. The number of aromatic nitrogens is 1. The van der Waals surface area contributed by atoms with Gasteiger partial charge in [-0.25, -0.2) is 0 Å². The quantitative estimate of drug-likeness (QED) is 0.313. The lowest BCUT2D eigenvalue weighted by atomic mass is 9.93. The maximum Gasteiger partial charge on any atom is 0.197 e. The molecule has 1 aliphatic heterocycles. The molecule has 0 atom stereocenters. The number of benzene rings is 3. The Morgan fingerprint density at radius 2 is 1.52 bits per heavy atom. The smallest absolute Gasteiger partial charge is 0.197 e. The summed E-state index contributed by atoms with van der Waals surface area (Å²) >= 11 is 3.45. The number of nitrogens with one attached hydrogen (secondary N) is 1. The van der Waals surface area contributed by atoms with E-state index < -0.39 is 0 Å². The van der Waals surface area contributed by atoms with E-state index in [2.05, 4.69) is 25.8 Å². The average Bonchev–Trinajstić information content (AvgIpc) is 3.18. The summed E-state index contributed by atoms with van der Waals surface area (Å²) in [6.07, 6.45) is 1.12. The van der Waals surface area contributed by atoms with Crippen molar-refractivity contribution in [3.05, 3.63) is 112 Å². The number of ketones is 2. The highest BCUT2D eigenvalue weighted by Crippen LogP contribution is 2.39. The predicted octanol–water partition coefficient (Wildman–Crippen LogP) is 6.39. The van der Waals surface area contributed by atoms with Crippen molar-refractivity contribution >= 4 is 33.3 Å². The van der Waals surface area contributed by atoms with Crippen molar-refractivity contribution in [2.75, 3.05) is 11.9 Å². The zero-order valence-corrected chi connectivity index (χ0v) is 19.6. The number of anilines is 1. The molecule has 1 aliphatic rings. The Morgan fingerprint density at radius 3 is 2.21 bits per heavy atom. The van der Waals surface area contributed by atoms with Gasteiger partial charge in [0.25, 0.3) is 0 Å². The molecule has 0 unspecified atom stereocenters. The number of fused-ring (bicyclic) bond motifs is 1. The van der Waals surface area contributed by atoms with Crippen LogP contribution in [0.15, 0.2) is 89.4 Å². The van der Waals surface area contributed by atoms with Crippen LogP contribution in [0.25, 0.3) is 11.3 Å². The summed E-state index contributed by atoms with van der Waals surface area (Å²) in [5.74, 6) is 0.739. The molecule has 1 aromatic heterocycles. The molecule has 0 saturated carbocycles. The predicted molar refractivity (Wildman–Crippen MR) is 135 cm³/mol. The lowest BCUT2D eigenvalue weighted by Crippen LogP contribution is -2.19. The minimum absolute atomic E-state index is 0.000541. The summed E-state index contributed by atoms with van der Waals surface area (Å²) in [6, 6.07) is 26.7. The second-order valence-corrected chi connectivity index (χ2v) is 9.07. The molecule has 33 heavy (non-hydrogen) atoms. The number of Topliss-reactive ketones (excluding diaryl/α,β-unsaturated/α-hetero) is 1. The second kappa shape index (κ2) is 9.20. The van der Waals surface area contributed by atoms with Crippen molar-refractivity contribution in [2.45, 2.75) is 19.4 Å². The fourth-order valence-electron chi connectivity index (χ4n) is 4.50. The summed E-state index contributed by atoms with van der Waals surface area (Å²) in [6.45, 7) is 1.59. The highest BCUT2D eigenvalue weighted by molar-refractivity contribution is 9.10. The van der Waals surface area contributed by atoms with E-state index in [1.165, 1.54) is 0 Å². The number of halogens is 1. The average molecular weight is 499 g/mol. The van der Waals surface area contributed by atoms with Gasteiger partial charge in [-0.2, -0.15) is 0 Å². The highest BCUT2D eigenvalue weighted by Gasteiger charge is 2.31. The van der Waals surface area contributed by atoms with Crippen molar-refractivity contribution in [1.29, 1.82) is 0 Å². The summed E-state index contributed by atoms with van der Waals surface area (Å²) < 4.78 is 3.10. The zero-order valence-electron chi connectivity index (χ0n) is 18.1. The molecule has 0 radical (unpaired) electrons. The zero-order chi connectivity index (χ0) is 22.8. The third-order valence-corrected chi connectivity index (χ3v) is 6.56. The van der Waals surface area contributed by atoms with E-state index >= 15 is 0 Å². The monoisotopic (exact) mass is 498 g/mol. The van der Waals surface area contributed by atoms with Gasteiger partial charge >= 0.3 is 0 Å². The minimum Gasteiger partial charge on any atom is -0.371 e. The molecule has 4 nitrogen and oxygen atoms in total. The Bertz CT molecular complexity index is 1310. The molecule has 0 fully saturated rings. The van der Waals surface area contributed by atoms with Crippen LogP contribution >= 0.6 is 15.9 Å². The summed E-state index contributed by atoms with van der Waals surface area (Å²) in [4.78, 5) is 27.2. The van der Waals surface area contributed by atoms with Crippen LogP contribution in [-0.4, -0.2) is 22.7 Å². The Morgan fingerprint density at radius 1 is 0.848 bits per heavy atom. The first-order valence-electron chi connectivity index (χ1n) is 11.1. The van der Waals surface area contributed by atoms with Crippen molar-refractivity contribution < 1.29 is 9.59 Å². The molecule has 1 N–H and O–H groups in total. The van der Waals surface area contributed by atoms with Crippen LogP contribution < -0.4 is 5.32 Å². The van der Waals surface area contributed by atoms with Crippen LogP contribution in [0, 0.1) is 0 Å². The molecule has 5 heteroatoms. The third kappa shape index (κ3) is 4.16. The van der Waals surface area contributed by atoms with Crippen LogP contribution in [-0.2, 0) is 13.0 Å². The van der Waals surface area contributed by atoms with E-state index in [-0.39, 0.29) is 18.0 Å². The van der Waals surface area contributed by atoms with Gasteiger partial charge in [-0.05, 0) is 41.8 Å². The lowest BCUT2D eigenvalue weighted by molar-refractivity contribution is 0.0993. The maximum atomic E-state index is 13.8. The highest BCUT2D eigenvalue weighted by atomic mass is 79.9. The molecular formula is C28H23BrN2O2. The Kier molecular flexibility index (Phi) is 5.97. The van der Waals surface area contributed by atoms with Gasteiger partial charge in [-0.15, -0.1) is 0 Å². The van der Waals surface area contributed by atoms with Gasteiger partial charge in [0.2, 0.25) is 0 Å². The van der Waals surface area contributed by atoms with E-state index in [0.717, 1.165) is 46.6 Å². The molecule has 0 bridgehead atoms. The topological polar surface area (TPSA) is 51.1 Å². The lowest BCUT2D eigenvalue weighted by Gasteiger charge is -2.20. The second-order valence-electron chi connectivity index (χ2n) is 8.15. The first-order chi connectivity index (χ1) is 16.1. The standard InChI is InChI=1S/C28H23BrN2O2/c29-22-14-12-21(13-15-22)27(33)25-23(18-24(32)19-8-3-1-4-9-19)26(20-10-5-2-6-11-20)31-17-7-16-30-28(25)31/h1-6,8-15,30H,7,16-18H2. The van der Waals surface area contributed by atoms with Gasteiger partial charge in [0.15, 0.2) is 11.6 Å². The number of hydrogen-bond donors (Lipinski definition) is 1. The van der Waals surface area contributed by atoms with Crippen molar-refractivity contribution in [3.8, 4) is 11.3 Å². The molecule has 164 valence electrons. The van der Waals surface area contributed by atoms with Crippen LogP contribution in [0.2, 0.25) is 0 Å². The first kappa shape index (κ1) is 21.4. The largest absolute Gasteiger partial charge is 0.371 e. The van der Waals surface area contributed by atoms with Crippen molar-refractivity contribution in [3.63, 3.8) is 0 Å². The van der Waals surface area contributed by atoms with E-state index in [0.29, 0.717) is 16.7 Å². The number of rotatable bonds is 6. The normalized spacial score (nSPS) is 12.6. The molecule has 0 saturated heterocycles. The molecular weight excluding hydrogens is 476 g/mol. The molecule has 0 amide bonds. The van der Waals surface area contributed by atoms with Crippen LogP contribution in [0.4, 0.5) is 5.82 Å². The van der Waals surface area contributed by atoms with Crippen LogP contribution in [0.5, 0.6) is 0 Å². The summed E-state index contributed by atoms with van der Waals surface area (Å²) in [5.41, 5.74) is 4.59. The minimum atomic E-state index is -0.0707. The van der Waals surface area contributed by atoms with Gasteiger partial charge in [0.05, 0.1) is 11.3 Å². The number of carbonyl (C=O) groups is 2. The molecule has 0 spiro atoms. The fraction of sp³-hybridized carbons (Fsp3) is 0.143. The van der Waals surface area contributed by atoms with E-state index in [4.69, 9.17) is 0 Å². The van der Waals surface area contributed by atoms with Crippen molar-refractivity contribution in [2.24, 2.45) is 0 Å². The Balaban J connectivity index is 1.71. The van der Waals surface area contributed by atoms with Crippen molar-refractivity contribution in [1.82, 2.24) is 4.57 Å². The fourth-order valence-corrected chi connectivity index (χ4v) is 4.76. The number of hydrogen-bond acceptors (Lipinski definition) is 3. The Labute approximate surface area is 201 Å². The molecule has 2 heterocycles. The van der Waals surface area contributed by atoms with Crippen LogP contribution in [0.1, 0.15) is 38.3 Å².